The quantitative estimate of drug-likeness (QED) is 0.372. The molecule has 1 unspecified atom stereocenters. The van der Waals surface area contributed by atoms with Gasteiger partial charge in [0.05, 0.1) is 5.69 Å². The lowest BCUT2D eigenvalue weighted by Crippen LogP contribution is -2.19. The number of nitrogens with one attached hydrogen (secondary N) is 1. The van der Waals surface area contributed by atoms with Crippen molar-refractivity contribution in [2.45, 2.75) is 25.2 Å². The van der Waals surface area contributed by atoms with Gasteiger partial charge in [-0.15, -0.1) is 0 Å². The number of aromatic nitrogens is 2. The number of fused-ring (bicyclic) bond motifs is 2. The third-order valence-corrected chi connectivity index (χ3v) is 5.91. The van der Waals surface area contributed by atoms with Crippen molar-refractivity contribution >= 4 is 17.1 Å². The highest BCUT2D eigenvalue weighted by molar-refractivity contribution is 5.71. The van der Waals surface area contributed by atoms with Crippen LogP contribution in [0.4, 0.5) is 5.69 Å². The lowest BCUT2D eigenvalue weighted by atomic mass is 9.82. The number of benzene rings is 2. The summed E-state index contributed by atoms with van der Waals surface area (Å²) in [7, 11) is 0. The molecule has 0 saturated heterocycles. The molecule has 0 aliphatic heterocycles. The zero-order valence-electron chi connectivity index (χ0n) is 17.3. The van der Waals surface area contributed by atoms with Gasteiger partial charge in [-0.2, -0.15) is 0 Å². The van der Waals surface area contributed by atoms with Crippen LogP contribution in [0.15, 0.2) is 79.6 Å². The number of hydrogen-bond acceptors (Lipinski definition) is 4. The maximum absolute atomic E-state index is 10.2. The number of aryl methyl sites for hydroxylation is 1. The average Bonchev–Trinajstić information content (AvgIpc) is 3.26. The van der Waals surface area contributed by atoms with Gasteiger partial charge >= 0.3 is 0 Å². The van der Waals surface area contributed by atoms with Crippen LogP contribution >= 0.6 is 0 Å². The normalized spacial score (nSPS) is 15.4. The van der Waals surface area contributed by atoms with E-state index in [0.29, 0.717) is 11.6 Å². The van der Waals surface area contributed by atoms with Crippen molar-refractivity contribution in [3.63, 3.8) is 0 Å². The van der Waals surface area contributed by atoms with E-state index in [9.17, 15) is 5.11 Å². The first-order chi connectivity index (χ1) is 15.2. The van der Waals surface area contributed by atoms with Gasteiger partial charge in [0.15, 0.2) is 0 Å². The third-order valence-electron chi connectivity index (χ3n) is 5.91. The van der Waals surface area contributed by atoms with Gasteiger partial charge < -0.3 is 15.2 Å². The number of pyridine rings is 1. The maximum atomic E-state index is 10.2. The van der Waals surface area contributed by atoms with Gasteiger partial charge in [0.2, 0.25) is 0 Å². The van der Waals surface area contributed by atoms with Crippen molar-refractivity contribution in [1.29, 1.82) is 0 Å². The summed E-state index contributed by atoms with van der Waals surface area (Å²) in [5.74, 6) is 2.15. The Morgan fingerprint density at radius 1 is 1.13 bits per heavy atom. The number of hydrogen-bond donors (Lipinski definition) is 2. The van der Waals surface area contributed by atoms with E-state index in [1.54, 1.807) is 6.20 Å². The van der Waals surface area contributed by atoms with E-state index in [1.165, 1.54) is 11.1 Å². The number of aliphatic hydroxyl groups is 1. The standard InChI is InChI=1S/C26H25N3O2/c1-18(30)26-24(12-13-25-27-14-15-29(25)26)28-17-20-7-5-6-19-16-22(10-11-23(19)20)31-21-8-3-2-4-9-21/h2-4,8-16,20,28,30H,1,5-7,17H2. The molecule has 2 N–H and O–H groups in total. The van der Waals surface area contributed by atoms with E-state index in [-0.39, 0.29) is 5.76 Å². The van der Waals surface area contributed by atoms with E-state index in [2.05, 4.69) is 35.1 Å². The molecular weight excluding hydrogens is 386 g/mol. The molecule has 5 heteroatoms. The molecule has 0 spiro atoms. The first-order valence-corrected chi connectivity index (χ1v) is 10.6. The van der Waals surface area contributed by atoms with E-state index in [1.807, 2.05) is 53.1 Å². The van der Waals surface area contributed by atoms with Crippen LogP contribution in [0.5, 0.6) is 11.5 Å². The fourth-order valence-electron chi connectivity index (χ4n) is 4.46. The Morgan fingerprint density at radius 3 is 2.84 bits per heavy atom. The molecule has 5 nitrogen and oxygen atoms in total. The summed E-state index contributed by atoms with van der Waals surface area (Å²) in [5.41, 5.74) is 5.01. The number of aliphatic hydroxyl groups excluding tert-OH is 1. The number of rotatable bonds is 6. The smallest absolute Gasteiger partial charge is 0.137 e. The summed E-state index contributed by atoms with van der Waals surface area (Å²) < 4.78 is 7.88. The van der Waals surface area contributed by atoms with Gasteiger partial charge in [-0.05, 0) is 66.8 Å². The van der Waals surface area contributed by atoms with Crippen LogP contribution in [-0.4, -0.2) is 21.0 Å². The number of ether oxygens (including phenoxy) is 1. The molecule has 0 saturated carbocycles. The van der Waals surface area contributed by atoms with Gasteiger partial charge in [0.1, 0.15) is 28.6 Å². The summed E-state index contributed by atoms with van der Waals surface area (Å²) in [6.07, 6.45) is 6.90. The number of imidazole rings is 1. The summed E-state index contributed by atoms with van der Waals surface area (Å²) in [6, 6.07) is 20.2. The Balaban J connectivity index is 1.36. The topological polar surface area (TPSA) is 58.8 Å². The summed E-state index contributed by atoms with van der Waals surface area (Å²) in [4.78, 5) is 4.29. The van der Waals surface area contributed by atoms with E-state index >= 15 is 0 Å². The molecular formula is C26H25N3O2. The van der Waals surface area contributed by atoms with Crippen molar-refractivity contribution in [2.75, 3.05) is 11.9 Å². The minimum Gasteiger partial charge on any atom is -0.506 e. The molecule has 0 radical (unpaired) electrons. The minimum absolute atomic E-state index is 0.0258. The molecule has 4 aromatic rings. The average molecular weight is 412 g/mol. The van der Waals surface area contributed by atoms with Crippen molar-refractivity contribution in [2.24, 2.45) is 0 Å². The first kappa shape index (κ1) is 19.2. The highest BCUT2D eigenvalue weighted by Gasteiger charge is 2.21. The molecule has 0 amide bonds. The summed E-state index contributed by atoms with van der Waals surface area (Å²) in [5, 5.41) is 13.7. The number of nitrogens with zero attached hydrogens (tertiary/aromatic N) is 2. The van der Waals surface area contributed by atoms with Crippen LogP contribution in [0.1, 0.15) is 35.6 Å². The molecule has 31 heavy (non-hydrogen) atoms. The maximum Gasteiger partial charge on any atom is 0.137 e. The highest BCUT2D eigenvalue weighted by atomic mass is 16.5. The molecule has 2 aromatic heterocycles. The van der Waals surface area contributed by atoms with Crippen LogP contribution < -0.4 is 10.1 Å². The number of para-hydroxylation sites is 1. The highest BCUT2D eigenvalue weighted by Crippen LogP contribution is 2.35. The van der Waals surface area contributed by atoms with Gasteiger partial charge in [-0.3, -0.25) is 4.40 Å². The molecule has 1 atom stereocenters. The molecule has 0 bridgehead atoms. The van der Waals surface area contributed by atoms with Crippen molar-refractivity contribution in [3.8, 4) is 11.5 Å². The Kier molecular flexibility index (Phi) is 5.08. The molecule has 0 fully saturated rings. The molecule has 5 rings (SSSR count). The fourth-order valence-corrected chi connectivity index (χ4v) is 4.46. The van der Waals surface area contributed by atoms with Crippen molar-refractivity contribution in [1.82, 2.24) is 9.38 Å². The van der Waals surface area contributed by atoms with Crippen LogP contribution in [-0.2, 0) is 6.42 Å². The fraction of sp³-hybridized carbons (Fsp3) is 0.192. The molecule has 2 heterocycles. The largest absolute Gasteiger partial charge is 0.506 e. The van der Waals surface area contributed by atoms with E-state index < -0.39 is 0 Å². The molecule has 156 valence electrons. The monoisotopic (exact) mass is 411 g/mol. The minimum atomic E-state index is 0.0258. The summed E-state index contributed by atoms with van der Waals surface area (Å²) in [6.45, 7) is 4.53. The predicted molar refractivity (Wildman–Crippen MR) is 124 cm³/mol. The van der Waals surface area contributed by atoms with Crippen LogP contribution in [0.25, 0.3) is 11.4 Å². The second-order valence-corrected chi connectivity index (χ2v) is 7.94. The van der Waals surface area contributed by atoms with Gasteiger partial charge in [-0.25, -0.2) is 4.98 Å². The van der Waals surface area contributed by atoms with E-state index in [4.69, 9.17) is 4.74 Å². The zero-order chi connectivity index (χ0) is 21.2. The van der Waals surface area contributed by atoms with Crippen LogP contribution in [0.2, 0.25) is 0 Å². The molecule has 1 aliphatic rings. The van der Waals surface area contributed by atoms with Crippen molar-refractivity contribution in [3.05, 3.63) is 96.5 Å². The Labute approximate surface area is 181 Å². The lowest BCUT2D eigenvalue weighted by Gasteiger charge is -2.27. The first-order valence-electron chi connectivity index (χ1n) is 10.6. The second kappa shape index (κ2) is 8.19. The van der Waals surface area contributed by atoms with Crippen LogP contribution in [0, 0.1) is 0 Å². The Morgan fingerprint density at radius 2 is 2.00 bits per heavy atom. The Hall–Kier alpha value is -3.73. The Bertz CT molecular complexity index is 1230. The molecule has 2 aromatic carbocycles. The summed E-state index contributed by atoms with van der Waals surface area (Å²) >= 11 is 0. The predicted octanol–water partition coefficient (Wildman–Crippen LogP) is 6.19. The zero-order valence-corrected chi connectivity index (χ0v) is 17.3. The van der Waals surface area contributed by atoms with Crippen molar-refractivity contribution < 1.29 is 9.84 Å². The van der Waals surface area contributed by atoms with Gasteiger partial charge in [-0.1, -0.05) is 30.8 Å². The van der Waals surface area contributed by atoms with Crippen LogP contribution in [0.3, 0.4) is 0 Å². The number of anilines is 1. The van der Waals surface area contributed by atoms with Gasteiger partial charge in [0, 0.05) is 24.9 Å². The molecule has 1 aliphatic carbocycles. The van der Waals surface area contributed by atoms with E-state index in [0.717, 1.165) is 48.6 Å². The third kappa shape index (κ3) is 3.87. The lowest BCUT2D eigenvalue weighted by molar-refractivity contribution is 0.479. The second-order valence-electron chi connectivity index (χ2n) is 7.94. The SMILES string of the molecule is C=C(O)c1c(NCC2CCCc3cc(Oc4ccccc4)ccc32)ccc2nccn12. The van der Waals surface area contributed by atoms with Gasteiger partial charge in [0.25, 0.3) is 0 Å².